The zero-order valence-corrected chi connectivity index (χ0v) is 13.3. The van der Waals surface area contributed by atoms with Crippen LogP contribution in [0.4, 0.5) is 5.82 Å². The normalized spacial score (nSPS) is 12.8. The van der Waals surface area contributed by atoms with Crippen LogP contribution >= 0.6 is 23.4 Å². The first kappa shape index (κ1) is 15.6. The fraction of sp³-hybridized carbons (Fsp3) is 0.692. The molecule has 1 unspecified atom stereocenters. The first-order valence-corrected chi connectivity index (χ1v) is 8.02. The molecule has 5 heteroatoms. The molecule has 0 aliphatic rings. The summed E-state index contributed by atoms with van der Waals surface area (Å²) in [5.74, 6) is 2.38. The summed E-state index contributed by atoms with van der Waals surface area (Å²) in [5.41, 5.74) is 1.04. The van der Waals surface area contributed by atoms with Gasteiger partial charge in [-0.1, -0.05) is 32.4 Å². The van der Waals surface area contributed by atoms with Gasteiger partial charge in [0.25, 0.3) is 0 Å². The van der Waals surface area contributed by atoms with Crippen LogP contribution in [0.5, 0.6) is 0 Å². The Morgan fingerprint density at radius 2 is 2.06 bits per heavy atom. The Kier molecular flexibility index (Phi) is 6.22. The summed E-state index contributed by atoms with van der Waals surface area (Å²) in [6.45, 7) is 6.45. The van der Waals surface area contributed by atoms with Crippen LogP contribution in [0.25, 0.3) is 0 Å². The third-order valence-corrected chi connectivity index (χ3v) is 4.12. The van der Waals surface area contributed by atoms with Crippen molar-refractivity contribution < 1.29 is 0 Å². The molecule has 102 valence electrons. The molecule has 0 N–H and O–H groups in total. The molecule has 0 radical (unpaired) electrons. The maximum atomic E-state index is 6.21. The van der Waals surface area contributed by atoms with E-state index in [0.29, 0.717) is 17.1 Å². The maximum absolute atomic E-state index is 6.21. The summed E-state index contributed by atoms with van der Waals surface area (Å²) in [6.07, 6.45) is 4.77. The van der Waals surface area contributed by atoms with Gasteiger partial charge >= 0.3 is 0 Å². The molecule has 1 heterocycles. The summed E-state index contributed by atoms with van der Waals surface area (Å²) in [6, 6.07) is 0.475. The number of anilines is 1. The standard InChI is InChI=1S/C13H22ClN3S/c1-6-10(7-18-5)17(4)13-11(9(2)3)12(14)15-8-16-13/h8-10H,6-7H2,1-5H3. The van der Waals surface area contributed by atoms with E-state index in [1.165, 1.54) is 0 Å². The van der Waals surface area contributed by atoms with Crippen molar-refractivity contribution in [1.29, 1.82) is 0 Å². The average molecular weight is 288 g/mol. The lowest BCUT2D eigenvalue weighted by molar-refractivity contribution is 0.657. The SMILES string of the molecule is CCC(CSC)N(C)c1ncnc(Cl)c1C(C)C. The second kappa shape index (κ2) is 7.19. The van der Waals surface area contributed by atoms with E-state index in [9.17, 15) is 0 Å². The molecule has 1 aromatic rings. The minimum Gasteiger partial charge on any atom is -0.355 e. The van der Waals surface area contributed by atoms with Crippen molar-refractivity contribution >= 4 is 29.2 Å². The number of thioether (sulfide) groups is 1. The molecule has 0 saturated heterocycles. The van der Waals surface area contributed by atoms with Gasteiger partial charge in [0.2, 0.25) is 0 Å². The van der Waals surface area contributed by atoms with E-state index in [2.05, 4.69) is 48.9 Å². The van der Waals surface area contributed by atoms with Crippen LogP contribution in [0.3, 0.4) is 0 Å². The summed E-state index contributed by atoms with van der Waals surface area (Å²) in [4.78, 5) is 10.8. The Balaban J connectivity index is 3.11. The van der Waals surface area contributed by atoms with Crippen molar-refractivity contribution in [3.05, 3.63) is 17.0 Å². The molecule has 0 spiro atoms. The van der Waals surface area contributed by atoms with Crippen molar-refractivity contribution in [2.24, 2.45) is 0 Å². The van der Waals surface area contributed by atoms with E-state index in [0.717, 1.165) is 23.6 Å². The third-order valence-electron chi connectivity index (χ3n) is 3.10. The van der Waals surface area contributed by atoms with Crippen molar-refractivity contribution in [3.8, 4) is 0 Å². The van der Waals surface area contributed by atoms with Crippen LogP contribution in [0.2, 0.25) is 5.15 Å². The summed E-state index contributed by atoms with van der Waals surface area (Å²) >= 11 is 8.07. The molecule has 0 fully saturated rings. The molecule has 0 aromatic carbocycles. The molecule has 0 saturated carbocycles. The number of hydrogen-bond acceptors (Lipinski definition) is 4. The molecule has 0 bridgehead atoms. The summed E-state index contributed by atoms with van der Waals surface area (Å²) < 4.78 is 0. The van der Waals surface area contributed by atoms with Crippen LogP contribution in [0, 0.1) is 0 Å². The molecule has 0 aliphatic carbocycles. The lowest BCUT2D eigenvalue weighted by atomic mass is 10.0. The molecule has 18 heavy (non-hydrogen) atoms. The van der Waals surface area contributed by atoms with Crippen LogP contribution < -0.4 is 4.90 Å². The van der Waals surface area contributed by atoms with E-state index < -0.39 is 0 Å². The van der Waals surface area contributed by atoms with Gasteiger partial charge in [-0.25, -0.2) is 9.97 Å². The Bertz CT molecular complexity index is 384. The van der Waals surface area contributed by atoms with Gasteiger partial charge in [0.15, 0.2) is 0 Å². The van der Waals surface area contributed by atoms with Crippen molar-refractivity contribution in [2.75, 3.05) is 24.0 Å². The monoisotopic (exact) mass is 287 g/mol. The number of aromatic nitrogens is 2. The van der Waals surface area contributed by atoms with E-state index in [1.54, 1.807) is 6.33 Å². The predicted octanol–water partition coefficient (Wildman–Crippen LogP) is 3.83. The average Bonchev–Trinajstić information content (AvgIpc) is 2.34. The van der Waals surface area contributed by atoms with Crippen molar-refractivity contribution in [3.63, 3.8) is 0 Å². The van der Waals surface area contributed by atoms with Gasteiger partial charge in [-0.3, -0.25) is 0 Å². The lowest BCUT2D eigenvalue weighted by Crippen LogP contribution is -2.34. The minimum absolute atomic E-state index is 0.322. The fourth-order valence-electron chi connectivity index (χ4n) is 2.01. The van der Waals surface area contributed by atoms with Crippen LogP contribution in [0.1, 0.15) is 38.7 Å². The molecule has 0 aliphatic heterocycles. The van der Waals surface area contributed by atoms with Crippen molar-refractivity contribution in [2.45, 2.75) is 39.2 Å². The lowest BCUT2D eigenvalue weighted by Gasteiger charge is -2.30. The molecule has 3 nitrogen and oxygen atoms in total. The van der Waals surface area contributed by atoms with Gasteiger partial charge in [-0.2, -0.15) is 11.8 Å². The van der Waals surface area contributed by atoms with Gasteiger partial charge < -0.3 is 4.90 Å². The quantitative estimate of drug-likeness (QED) is 0.744. The second-order valence-corrected chi connectivity index (χ2v) is 5.95. The van der Waals surface area contributed by atoms with Gasteiger partial charge in [0, 0.05) is 24.4 Å². The number of halogens is 1. The summed E-state index contributed by atoms with van der Waals surface area (Å²) in [7, 11) is 2.09. The number of rotatable bonds is 6. The summed E-state index contributed by atoms with van der Waals surface area (Å²) in [5, 5.41) is 0.570. The molecular formula is C13H22ClN3S. The highest BCUT2D eigenvalue weighted by molar-refractivity contribution is 7.98. The Morgan fingerprint density at radius 3 is 2.56 bits per heavy atom. The maximum Gasteiger partial charge on any atom is 0.138 e. The Labute approximate surface area is 119 Å². The molecule has 0 amide bonds. The minimum atomic E-state index is 0.322. The topological polar surface area (TPSA) is 29.0 Å². The van der Waals surface area contributed by atoms with Crippen LogP contribution in [0.15, 0.2) is 6.33 Å². The largest absolute Gasteiger partial charge is 0.355 e. The van der Waals surface area contributed by atoms with E-state index >= 15 is 0 Å². The third kappa shape index (κ3) is 3.51. The molecule has 1 atom stereocenters. The van der Waals surface area contributed by atoms with Gasteiger partial charge in [-0.15, -0.1) is 0 Å². The molecule has 1 rings (SSSR count). The number of hydrogen-bond donors (Lipinski definition) is 0. The Morgan fingerprint density at radius 1 is 1.39 bits per heavy atom. The van der Waals surface area contributed by atoms with Gasteiger partial charge in [0.1, 0.15) is 17.3 Å². The Hall–Kier alpha value is -0.480. The highest BCUT2D eigenvalue weighted by Gasteiger charge is 2.21. The highest BCUT2D eigenvalue weighted by Crippen LogP contribution is 2.31. The molecular weight excluding hydrogens is 266 g/mol. The smallest absolute Gasteiger partial charge is 0.138 e. The highest BCUT2D eigenvalue weighted by atomic mass is 35.5. The van der Waals surface area contributed by atoms with Gasteiger partial charge in [0.05, 0.1) is 0 Å². The van der Waals surface area contributed by atoms with E-state index in [4.69, 9.17) is 11.6 Å². The van der Waals surface area contributed by atoms with E-state index in [1.807, 2.05) is 11.8 Å². The van der Waals surface area contributed by atoms with Gasteiger partial charge in [-0.05, 0) is 18.6 Å². The zero-order valence-electron chi connectivity index (χ0n) is 11.8. The zero-order chi connectivity index (χ0) is 13.7. The molecule has 1 aromatic heterocycles. The first-order valence-electron chi connectivity index (χ1n) is 6.25. The fourth-order valence-corrected chi connectivity index (χ4v) is 3.20. The number of nitrogens with zero attached hydrogens (tertiary/aromatic N) is 3. The van der Waals surface area contributed by atoms with Crippen LogP contribution in [-0.2, 0) is 0 Å². The second-order valence-electron chi connectivity index (χ2n) is 4.68. The van der Waals surface area contributed by atoms with Crippen molar-refractivity contribution in [1.82, 2.24) is 9.97 Å². The first-order chi connectivity index (χ1) is 8.52. The van der Waals surface area contributed by atoms with E-state index in [-0.39, 0.29) is 0 Å². The van der Waals surface area contributed by atoms with Crippen LogP contribution in [-0.4, -0.2) is 35.1 Å². The predicted molar refractivity (Wildman–Crippen MR) is 82.0 cm³/mol.